The molecule has 0 radical (unpaired) electrons. The predicted octanol–water partition coefficient (Wildman–Crippen LogP) is 2.72. The number of piperidine rings is 1. The van der Waals surface area contributed by atoms with Crippen molar-refractivity contribution in [1.29, 1.82) is 0 Å². The van der Waals surface area contributed by atoms with E-state index >= 15 is 0 Å². The third kappa shape index (κ3) is 3.59. The molecule has 1 aliphatic rings. The average molecular weight is 270 g/mol. The SMILES string of the molecule is Brc1ccc(CO[C@H]2CCCNC2)cc1. The molecule has 82 valence electrons. The quantitative estimate of drug-likeness (QED) is 0.911. The lowest BCUT2D eigenvalue weighted by Gasteiger charge is -2.23. The molecule has 3 heteroatoms. The minimum atomic E-state index is 0.391. The Morgan fingerprint density at radius 1 is 1.33 bits per heavy atom. The molecular weight excluding hydrogens is 254 g/mol. The summed E-state index contributed by atoms with van der Waals surface area (Å²) in [6, 6.07) is 8.30. The molecule has 1 fully saturated rings. The number of halogens is 1. The first-order chi connectivity index (χ1) is 7.34. The van der Waals surface area contributed by atoms with Crippen LogP contribution in [0.15, 0.2) is 28.7 Å². The molecule has 1 heterocycles. The molecule has 2 nitrogen and oxygen atoms in total. The van der Waals surface area contributed by atoms with E-state index in [1.165, 1.54) is 18.4 Å². The summed E-state index contributed by atoms with van der Waals surface area (Å²) in [5, 5.41) is 3.35. The van der Waals surface area contributed by atoms with E-state index in [2.05, 4.69) is 45.5 Å². The summed E-state index contributed by atoms with van der Waals surface area (Å²) in [5.41, 5.74) is 1.24. The van der Waals surface area contributed by atoms with Gasteiger partial charge < -0.3 is 10.1 Å². The van der Waals surface area contributed by atoms with Gasteiger partial charge in [-0.05, 0) is 37.1 Å². The molecule has 0 amide bonds. The Bertz CT molecular complexity index is 293. The lowest BCUT2D eigenvalue weighted by molar-refractivity contribution is 0.0253. The summed E-state index contributed by atoms with van der Waals surface area (Å²) in [5.74, 6) is 0. The largest absolute Gasteiger partial charge is 0.372 e. The molecule has 1 aliphatic heterocycles. The van der Waals surface area contributed by atoms with Crippen molar-refractivity contribution in [3.8, 4) is 0 Å². The van der Waals surface area contributed by atoms with Gasteiger partial charge in [-0.2, -0.15) is 0 Å². The Morgan fingerprint density at radius 2 is 2.13 bits per heavy atom. The maximum atomic E-state index is 5.83. The Morgan fingerprint density at radius 3 is 2.80 bits per heavy atom. The second-order valence-corrected chi connectivity index (χ2v) is 4.82. The molecule has 0 bridgehead atoms. The van der Waals surface area contributed by atoms with Gasteiger partial charge in [-0.1, -0.05) is 28.1 Å². The lowest BCUT2D eigenvalue weighted by atomic mass is 10.1. The van der Waals surface area contributed by atoms with Crippen LogP contribution >= 0.6 is 15.9 Å². The number of benzene rings is 1. The van der Waals surface area contributed by atoms with Crippen molar-refractivity contribution in [2.24, 2.45) is 0 Å². The zero-order valence-electron chi connectivity index (χ0n) is 8.71. The van der Waals surface area contributed by atoms with Gasteiger partial charge in [0.2, 0.25) is 0 Å². The van der Waals surface area contributed by atoms with Crippen LogP contribution in [0, 0.1) is 0 Å². The molecular formula is C12H16BrNO. The summed E-state index contributed by atoms with van der Waals surface area (Å²) in [6.07, 6.45) is 2.80. The fourth-order valence-corrected chi connectivity index (χ4v) is 2.02. The summed E-state index contributed by atoms with van der Waals surface area (Å²) >= 11 is 3.42. The van der Waals surface area contributed by atoms with Crippen LogP contribution in [0.5, 0.6) is 0 Å². The number of nitrogens with one attached hydrogen (secondary N) is 1. The second-order valence-electron chi connectivity index (χ2n) is 3.91. The molecule has 1 aromatic carbocycles. The number of rotatable bonds is 3. The van der Waals surface area contributed by atoms with Gasteiger partial charge in [0, 0.05) is 11.0 Å². The predicted molar refractivity (Wildman–Crippen MR) is 64.8 cm³/mol. The maximum absolute atomic E-state index is 5.83. The highest BCUT2D eigenvalue weighted by Crippen LogP contribution is 2.13. The molecule has 1 aromatic rings. The van der Waals surface area contributed by atoms with Gasteiger partial charge in [0.25, 0.3) is 0 Å². The van der Waals surface area contributed by atoms with Gasteiger partial charge >= 0.3 is 0 Å². The Labute approximate surface area is 99.1 Å². The first-order valence-electron chi connectivity index (χ1n) is 5.41. The molecule has 0 aromatic heterocycles. The van der Waals surface area contributed by atoms with Crippen molar-refractivity contribution < 1.29 is 4.74 Å². The number of hydrogen-bond acceptors (Lipinski definition) is 2. The van der Waals surface area contributed by atoms with E-state index in [-0.39, 0.29) is 0 Å². The number of hydrogen-bond donors (Lipinski definition) is 1. The van der Waals surface area contributed by atoms with Crippen molar-refractivity contribution in [2.75, 3.05) is 13.1 Å². The third-order valence-corrected chi connectivity index (χ3v) is 3.18. The zero-order chi connectivity index (χ0) is 10.5. The van der Waals surface area contributed by atoms with Crippen LogP contribution in [0.1, 0.15) is 18.4 Å². The minimum Gasteiger partial charge on any atom is -0.372 e. The molecule has 0 aliphatic carbocycles. The van der Waals surface area contributed by atoms with E-state index in [4.69, 9.17) is 4.74 Å². The molecule has 1 atom stereocenters. The van der Waals surface area contributed by atoms with E-state index in [0.717, 1.165) is 24.2 Å². The van der Waals surface area contributed by atoms with Crippen molar-refractivity contribution >= 4 is 15.9 Å². The van der Waals surface area contributed by atoms with Crippen LogP contribution in [0.4, 0.5) is 0 Å². The van der Waals surface area contributed by atoms with E-state index in [9.17, 15) is 0 Å². The highest BCUT2D eigenvalue weighted by Gasteiger charge is 2.12. The van der Waals surface area contributed by atoms with E-state index < -0.39 is 0 Å². The van der Waals surface area contributed by atoms with Gasteiger partial charge in [-0.25, -0.2) is 0 Å². The maximum Gasteiger partial charge on any atom is 0.0721 e. The molecule has 0 saturated carbocycles. The molecule has 1 saturated heterocycles. The molecule has 15 heavy (non-hydrogen) atoms. The minimum absolute atomic E-state index is 0.391. The van der Waals surface area contributed by atoms with Crippen LogP contribution < -0.4 is 5.32 Å². The Balaban J connectivity index is 1.79. The standard InChI is InChI=1S/C12H16BrNO/c13-11-5-3-10(4-6-11)9-15-12-2-1-7-14-8-12/h3-6,12,14H,1-2,7-9H2/t12-/m0/s1. The highest BCUT2D eigenvalue weighted by atomic mass is 79.9. The van der Waals surface area contributed by atoms with Crippen LogP contribution in [-0.4, -0.2) is 19.2 Å². The van der Waals surface area contributed by atoms with Gasteiger partial charge in [0.1, 0.15) is 0 Å². The second kappa shape index (κ2) is 5.64. The van der Waals surface area contributed by atoms with Gasteiger partial charge in [-0.3, -0.25) is 0 Å². The lowest BCUT2D eigenvalue weighted by Crippen LogP contribution is -2.35. The molecule has 0 unspecified atom stereocenters. The smallest absolute Gasteiger partial charge is 0.0721 e. The Kier molecular flexibility index (Phi) is 4.18. The summed E-state index contributed by atoms with van der Waals surface area (Å²) < 4.78 is 6.95. The first kappa shape index (κ1) is 11.1. The fourth-order valence-electron chi connectivity index (χ4n) is 1.76. The third-order valence-electron chi connectivity index (χ3n) is 2.65. The summed E-state index contributed by atoms with van der Waals surface area (Å²) in [4.78, 5) is 0. The highest BCUT2D eigenvalue weighted by molar-refractivity contribution is 9.10. The first-order valence-corrected chi connectivity index (χ1v) is 6.20. The summed E-state index contributed by atoms with van der Waals surface area (Å²) in [6.45, 7) is 2.86. The molecule has 1 N–H and O–H groups in total. The number of ether oxygens (including phenoxy) is 1. The van der Waals surface area contributed by atoms with Gasteiger partial charge in [0.05, 0.1) is 12.7 Å². The topological polar surface area (TPSA) is 21.3 Å². The van der Waals surface area contributed by atoms with Crippen LogP contribution in [0.2, 0.25) is 0 Å². The van der Waals surface area contributed by atoms with E-state index in [1.807, 2.05) is 0 Å². The normalized spacial score (nSPS) is 21.5. The van der Waals surface area contributed by atoms with Gasteiger partial charge in [-0.15, -0.1) is 0 Å². The van der Waals surface area contributed by atoms with Crippen LogP contribution in [0.3, 0.4) is 0 Å². The van der Waals surface area contributed by atoms with E-state index in [0.29, 0.717) is 6.10 Å². The van der Waals surface area contributed by atoms with Crippen molar-refractivity contribution in [3.05, 3.63) is 34.3 Å². The van der Waals surface area contributed by atoms with E-state index in [1.54, 1.807) is 0 Å². The zero-order valence-corrected chi connectivity index (χ0v) is 10.3. The monoisotopic (exact) mass is 269 g/mol. The van der Waals surface area contributed by atoms with Crippen molar-refractivity contribution in [2.45, 2.75) is 25.6 Å². The van der Waals surface area contributed by atoms with Crippen molar-refractivity contribution in [3.63, 3.8) is 0 Å². The Hall–Kier alpha value is -0.380. The fraction of sp³-hybridized carbons (Fsp3) is 0.500. The van der Waals surface area contributed by atoms with Gasteiger partial charge in [0.15, 0.2) is 0 Å². The molecule has 0 spiro atoms. The van der Waals surface area contributed by atoms with Crippen molar-refractivity contribution in [1.82, 2.24) is 5.32 Å². The molecule has 2 rings (SSSR count). The van der Waals surface area contributed by atoms with Crippen LogP contribution in [0.25, 0.3) is 0 Å². The summed E-state index contributed by atoms with van der Waals surface area (Å²) in [7, 11) is 0. The van der Waals surface area contributed by atoms with Crippen LogP contribution in [-0.2, 0) is 11.3 Å². The average Bonchev–Trinajstić information content (AvgIpc) is 2.30.